The zero-order valence-corrected chi connectivity index (χ0v) is 14.4. The first-order valence-corrected chi connectivity index (χ1v) is 7.88. The van der Waals surface area contributed by atoms with Crippen LogP contribution in [-0.4, -0.2) is 40.3 Å². The highest BCUT2D eigenvalue weighted by molar-refractivity contribution is 5.78. The second kappa shape index (κ2) is 8.82. The maximum atomic E-state index is 12.1. The van der Waals surface area contributed by atoms with E-state index in [4.69, 9.17) is 9.47 Å². The van der Waals surface area contributed by atoms with Crippen LogP contribution in [0.5, 0.6) is 11.5 Å². The smallest absolute Gasteiger partial charge is 0.224 e. The lowest BCUT2D eigenvalue weighted by Crippen LogP contribution is -2.33. The van der Waals surface area contributed by atoms with Gasteiger partial charge in [0.25, 0.3) is 0 Å². The predicted molar refractivity (Wildman–Crippen MR) is 96.0 cm³/mol. The number of ether oxygens (including phenoxy) is 2. The third kappa shape index (κ3) is 4.91. The first-order chi connectivity index (χ1) is 11.6. The van der Waals surface area contributed by atoms with E-state index in [1.54, 1.807) is 14.2 Å². The van der Waals surface area contributed by atoms with Crippen LogP contribution >= 0.6 is 0 Å². The van der Waals surface area contributed by atoms with Crippen LogP contribution in [0.1, 0.15) is 5.56 Å². The summed E-state index contributed by atoms with van der Waals surface area (Å²) in [5.74, 6) is 1.28. The number of anilines is 1. The number of amides is 1. The predicted octanol–water partition coefficient (Wildman–Crippen LogP) is 2.50. The van der Waals surface area contributed by atoms with E-state index in [-0.39, 0.29) is 5.91 Å². The molecule has 0 heterocycles. The van der Waals surface area contributed by atoms with E-state index >= 15 is 0 Å². The van der Waals surface area contributed by atoms with Crippen molar-refractivity contribution in [3.63, 3.8) is 0 Å². The molecule has 0 aliphatic carbocycles. The molecule has 0 saturated heterocycles. The monoisotopic (exact) mass is 328 g/mol. The molecule has 2 aromatic rings. The Morgan fingerprint density at radius 2 is 1.75 bits per heavy atom. The van der Waals surface area contributed by atoms with Gasteiger partial charge in [0.05, 0.1) is 20.6 Å². The molecule has 0 atom stereocenters. The van der Waals surface area contributed by atoms with Gasteiger partial charge in [0.1, 0.15) is 0 Å². The Labute approximate surface area is 143 Å². The highest BCUT2D eigenvalue weighted by Gasteiger charge is 2.08. The van der Waals surface area contributed by atoms with Crippen LogP contribution in [0, 0.1) is 0 Å². The van der Waals surface area contributed by atoms with Crippen molar-refractivity contribution in [2.75, 3.05) is 39.3 Å². The lowest BCUT2D eigenvalue weighted by molar-refractivity contribution is -0.120. The molecule has 2 rings (SSSR count). The summed E-state index contributed by atoms with van der Waals surface area (Å²) in [5.41, 5.74) is 2.02. The third-order valence-electron chi connectivity index (χ3n) is 3.78. The molecule has 0 bridgehead atoms. The van der Waals surface area contributed by atoms with Crippen molar-refractivity contribution >= 4 is 11.6 Å². The minimum atomic E-state index is -0.0105. The van der Waals surface area contributed by atoms with E-state index in [9.17, 15) is 4.79 Å². The topological polar surface area (TPSA) is 50.8 Å². The summed E-state index contributed by atoms with van der Waals surface area (Å²) in [6.45, 7) is 1.35. The molecule has 5 nitrogen and oxygen atoms in total. The summed E-state index contributed by atoms with van der Waals surface area (Å²) in [6.07, 6.45) is 0.315. The van der Waals surface area contributed by atoms with Gasteiger partial charge in [-0.1, -0.05) is 24.3 Å². The Bertz CT molecular complexity index is 659. The Morgan fingerprint density at radius 1 is 1.04 bits per heavy atom. The molecule has 0 unspecified atom stereocenters. The Morgan fingerprint density at radius 3 is 2.42 bits per heavy atom. The number of para-hydroxylation sites is 1. The molecule has 1 amide bonds. The number of nitrogens with one attached hydrogen (secondary N) is 1. The first kappa shape index (κ1) is 17.7. The fourth-order valence-corrected chi connectivity index (χ4v) is 2.41. The molecule has 0 fully saturated rings. The third-order valence-corrected chi connectivity index (χ3v) is 3.78. The molecule has 128 valence electrons. The maximum Gasteiger partial charge on any atom is 0.224 e. The van der Waals surface area contributed by atoms with Crippen molar-refractivity contribution in [3.8, 4) is 11.5 Å². The zero-order chi connectivity index (χ0) is 17.4. The number of hydrogen-bond acceptors (Lipinski definition) is 4. The molecule has 0 radical (unpaired) electrons. The van der Waals surface area contributed by atoms with E-state index in [2.05, 4.69) is 10.2 Å². The van der Waals surface area contributed by atoms with Gasteiger partial charge in [-0.05, 0) is 29.8 Å². The van der Waals surface area contributed by atoms with E-state index in [1.807, 2.05) is 55.6 Å². The number of benzene rings is 2. The molecular weight excluding hydrogens is 304 g/mol. The quantitative estimate of drug-likeness (QED) is 0.809. The normalized spacial score (nSPS) is 10.1. The SMILES string of the molecule is COc1ccc(CC(=O)NCCN(C)c2ccccc2)cc1OC. The van der Waals surface area contributed by atoms with Gasteiger partial charge in [-0.3, -0.25) is 4.79 Å². The Kier molecular flexibility index (Phi) is 6.49. The van der Waals surface area contributed by atoms with E-state index in [1.165, 1.54) is 0 Å². The molecule has 2 aromatic carbocycles. The summed E-state index contributed by atoms with van der Waals surface area (Å²) in [6, 6.07) is 15.6. The number of carbonyl (C=O) groups excluding carboxylic acids is 1. The number of rotatable bonds is 8. The van der Waals surface area contributed by atoms with Crippen molar-refractivity contribution in [2.24, 2.45) is 0 Å². The maximum absolute atomic E-state index is 12.1. The second-order valence-corrected chi connectivity index (χ2v) is 5.47. The van der Waals surface area contributed by atoms with Gasteiger partial charge < -0.3 is 19.7 Å². The van der Waals surface area contributed by atoms with E-state index in [0.717, 1.165) is 17.8 Å². The largest absolute Gasteiger partial charge is 0.493 e. The van der Waals surface area contributed by atoms with Gasteiger partial charge in [-0.2, -0.15) is 0 Å². The van der Waals surface area contributed by atoms with Crippen molar-refractivity contribution in [2.45, 2.75) is 6.42 Å². The molecule has 0 spiro atoms. The van der Waals surface area contributed by atoms with Gasteiger partial charge >= 0.3 is 0 Å². The lowest BCUT2D eigenvalue weighted by atomic mass is 10.1. The average Bonchev–Trinajstić information content (AvgIpc) is 2.62. The standard InChI is InChI=1S/C19H24N2O3/c1-21(16-7-5-4-6-8-16)12-11-20-19(22)14-15-9-10-17(23-2)18(13-15)24-3/h4-10,13H,11-12,14H2,1-3H3,(H,20,22). The summed E-state index contributed by atoms with van der Waals surface area (Å²) in [5, 5.41) is 2.95. The molecular formula is C19H24N2O3. The number of hydrogen-bond donors (Lipinski definition) is 1. The minimum absolute atomic E-state index is 0.0105. The molecule has 0 aliphatic heterocycles. The first-order valence-electron chi connectivity index (χ1n) is 7.88. The van der Waals surface area contributed by atoms with Gasteiger partial charge in [-0.25, -0.2) is 0 Å². The highest BCUT2D eigenvalue weighted by atomic mass is 16.5. The van der Waals surface area contributed by atoms with E-state index in [0.29, 0.717) is 24.5 Å². The lowest BCUT2D eigenvalue weighted by Gasteiger charge is -2.19. The summed E-state index contributed by atoms with van der Waals surface area (Å²) in [4.78, 5) is 14.2. The second-order valence-electron chi connectivity index (χ2n) is 5.47. The molecule has 0 aromatic heterocycles. The summed E-state index contributed by atoms with van der Waals surface area (Å²) >= 11 is 0. The Hall–Kier alpha value is -2.69. The fraction of sp³-hybridized carbons (Fsp3) is 0.316. The average molecular weight is 328 g/mol. The summed E-state index contributed by atoms with van der Waals surface area (Å²) < 4.78 is 10.5. The highest BCUT2D eigenvalue weighted by Crippen LogP contribution is 2.27. The van der Waals surface area contributed by atoms with Crippen molar-refractivity contribution in [3.05, 3.63) is 54.1 Å². The van der Waals surface area contributed by atoms with Crippen molar-refractivity contribution in [1.29, 1.82) is 0 Å². The zero-order valence-electron chi connectivity index (χ0n) is 14.4. The number of methoxy groups -OCH3 is 2. The van der Waals surface area contributed by atoms with Gasteiger partial charge in [-0.15, -0.1) is 0 Å². The molecule has 24 heavy (non-hydrogen) atoms. The van der Waals surface area contributed by atoms with E-state index < -0.39 is 0 Å². The Balaban J connectivity index is 1.81. The van der Waals surface area contributed by atoms with Gasteiger partial charge in [0.15, 0.2) is 11.5 Å². The van der Waals surface area contributed by atoms with Crippen LogP contribution in [0.15, 0.2) is 48.5 Å². The van der Waals surface area contributed by atoms with Crippen LogP contribution in [0.25, 0.3) is 0 Å². The fourth-order valence-electron chi connectivity index (χ4n) is 2.41. The minimum Gasteiger partial charge on any atom is -0.493 e. The van der Waals surface area contributed by atoms with Crippen LogP contribution in [-0.2, 0) is 11.2 Å². The van der Waals surface area contributed by atoms with Crippen LogP contribution in [0.4, 0.5) is 5.69 Å². The van der Waals surface area contributed by atoms with Crippen LogP contribution in [0.3, 0.4) is 0 Å². The van der Waals surface area contributed by atoms with Crippen LogP contribution in [0.2, 0.25) is 0 Å². The van der Waals surface area contributed by atoms with Crippen molar-refractivity contribution in [1.82, 2.24) is 5.32 Å². The van der Waals surface area contributed by atoms with Crippen LogP contribution < -0.4 is 19.7 Å². The number of likely N-dealkylation sites (N-methyl/N-ethyl adjacent to an activating group) is 1. The molecule has 0 saturated carbocycles. The number of carbonyl (C=O) groups is 1. The van der Waals surface area contributed by atoms with Crippen molar-refractivity contribution < 1.29 is 14.3 Å². The number of nitrogens with zero attached hydrogens (tertiary/aromatic N) is 1. The van der Waals surface area contributed by atoms with Gasteiger partial charge in [0.2, 0.25) is 5.91 Å². The van der Waals surface area contributed by atoms with Gasteiger partial charge in [0, 0.05) is 25.8 Å². The summed E-state index contributed by atoms with van der Waals surface area (Å²) in [7, 11) is 5.18. The molecule has 5 heteroatoms. The molecule has 0 aliphatic rings. The molecule has 1 N–H and O–H groups in total.